The molecule has 0 unspecified atom stereocenters. The molecule has 200 valence electrons. The lowest BCUT2D eigenvalue weighted by atomic mass is 10.0. The molecule has 0 fully saturated rings. The monoisotopic (exact) mass is 566 g/mol. The minimum Gasteiger partial charge on any atom is -0.464 e. The van der Waals surface area contributed by atoms with E-state index in [2.05, 4.69) is 9.97 Å². The summed E-state index contributed by atoms with van der Waals surface area (Å²) in [5.41, 5.74) is 1.11. The number of amides is 1. The van der Waals surface area contributed by atoms with Crippen LogP contribution in [-0.2, 0) is 22.6 Å². The number of benzene rings is 2. The van der Waals surface area contributed by atoms with Crippen molar-refractivity contribution >= 4 is 38.8 Å². The van der Waals surface area contributed by atoms with Crippen molar-refractivity contribution in [2.75, 3.05) is 6.54 Å². The summed E-state index contributed by atoms with van der Waals surface area (Å²) in [6.45, 7) is 4.67. The molecule has 13 heteroatoms. The van der Waals surface area contributed by atoms with Crippen LogP contribution in [0.5, 0.6) is 0 Å². The maximum absolute atomic E-state index is 13.4. The van der Waals surface area contributed by atoms with Gasteiger partial charge in [-0.25, -0.2) is 22.5 Å². The number of rotatable bonds is 6. The number of carboxylic acid groups (broad SMARTS) is 1. The number of aryl methyl sites for hydroxylation is 2. The van der Waals surface area contributed by atoms with E-state index in [0.29, 0.717) is 33.3 Å². The SMILES string of the molecule is CCc1nc2cc(C(F)(F)F)c(Cl)cc2n1-c1cncc(-c2cc(C)ccc2S(=O)(=O)N(CC)C(=O)O)c1. The topological polar surface area (TPSA) is 105 Å². The molecule has 4 rings (SSSR count). The second-order valence-electron chi connectivity index (χ2n) is 8.42. The molecule has 1 amide bonds. The zero-order chi connectivity index (χ0) is 28.0. The molecule has 0 aliphatic carbocycles. The highest BCUT2D eigenvalue weighted by molar-refractivity contribution is 7.89. The minimum atomic E-state index is -4.65. The van der Waals surface area contributed by atoms with Gasteiger partial charge in [0.05, 0.1) is 38.4 Å². The number of alkyl halides is 3. The van der Waals surface area contributed by atoms with Crippen LogP contribution in [-0.4, -0.2) is 45.0 Å². The van der Waals surface area contributed by atoms with Gasteiger partial charge in [-0.1, -0.05) is 30.2 Å². The van der Waals surface area contributed by atoms with Crippen LogP contribution >= 0.6 is 11.6 Å². The Bertz CT molecular complexity index is 1670. The summed E-state index contributed by atoms with van der Waals surface area (Å²) in [5.74, 6) is 0.439. The molecule has 2 aromatic carbocycles. The third-order valence-electron chi connectivity index (χ3n) is 5.93. The Balaban J connectivity index is 1.94. The van der Waals surface area contributed by atoms with E-state index < -0.39 is 32.9 Å². The van der Waals surface area contributed by atoms with Gasteiger partial charge >= 0.3 is 12.3 Å². The zero-order valence-corrected chi connectivity index (χ0v) is 22.0. The molecule has 0 spiro atoms. The van der Waals surface area contributed by atoms with Gasteiger partial charge < -0.3 is 5.11 Å². The van der Waals surface area contributed by atoms with Crippen LogP contribution in [0.2, 0.25) is 5.02 Å². The second kappa shape index (κ2) is 9.91. The van der Waals surface area contributed by atoms with E-state index in [1.54, 1.807) is 36.6 Å². The Morgan fingerprint density at radius 3 is 2.45 bits per heavy atom. The van der Waals surface area contributed by atoms with Gasteiger partial charge in [-0.15, -0.1) is 0 Å². The van der Waals surface area contributed by atoms with Gasteiger partial charge in [0.1, 0.15) is 5.82 Å². The number of halogens is 4. The van der Waals surface area contributed by atoms with Crippen molar-refractivity contribution < 1.29 is 31.5 Å². The first-order valence-electron chi connectivity index (χ1n) is 11.4. The maximum atomic E-state index is 13.4. The molecule has 0 saturated carbocycles. The Hall–Kier alpha value is -3.64. The molecular formula is C25H22ClF3N4O4S. The maximum Gasteiger partial charge on any atom is 0.421 e. The predicted octanol–water partition coefficient (Wildman–Crippen LogP) is 6.32. The largest absolute Gasteiger partial charge is 0.464 e. The van der Waals surface area contributed by atoms with Crippen molar-refractivity contribution in [2.24, 2.45) is 0 Å². The van der Waals surface area contributed by atoms with Gasteiger partial charge in [-0.3, -0.25) is 9.55 Å². The van der Waals surface area contributed by atoms with Crippen LogP contribution in [0, 0.1) is 6.92 Å². The molecule has 0 saturated heterocycles. The fourth-order valence-corrected chi connectivity index (χ4v) is 5.95. The first-order chi connectivity index (χ1) is 17.8. The third-order valence-corrected chi connectivity index (χ3v) is 8.15. The third kappa shape index (κ3) is 4.81. The minimum absolute atomic E-state index is 0.0860. The number of pyridine rings is 1. The summed E-state index contributed by atoms with van der Waals surface area (Å²) in [4.78, 5) is 20.0. The number of sulfonamides is 1. The van der Waals surface area contributed by atoms with E-state index >= 15 is 0 Å². The Morgan fingerprint density at radius 1 is 1.13 bits per heavy atom. The van der Waals surface area contributed by atoms with E-state index in [4.69, 9.17) is 11.6 Å². The summed E-state index contributed by atoms with van der Waals surface area (Å²) in [6.07, 6.45) is -3.01. The lowest BCUT2D eigenvalue weighted by Gasteiger charge is -2.20. The summed E-state index contributed by atoms with van der Waals surface area (Å²) >= 11 is 5.99. The fraction of sp³-hybridized carbons (Fsp3) is 0.240. The van der Waals surface area contributed by atoms with Gasteiger partial charge in [0.25, 0.3) is 10.0 Å². The van der Waals surface area contributed by atoms with Crippen molar-refractivity contribution in [3.63, 3.8) is 0 Å². The Kier molecular flexibility index (Phi) is 7.15. The molecule has 2 aromatic heterocycles. The number of carbonyl (C=O) groups is 1. The first-order valence-corrected chi connectivity index (χ1v) is 13.2. The van der Waals surface area contributed by atoms with Crippen molar-refractivity contribution in [1.82, 2.24) is 18.8 Å². The second-order valence-corrected chi connectivity index (χ2v) is 10.7. The molecule has 4 aromatic rings. The standard InChI is InChI=1S/C25H22ClF3N4O4S/c1-4-23-31-20-10-18(25(27,28)29)19(26)11-21(20)33(23)16-9-15(12-30-13-16)17-8-14(3)6-7-22(17)38(36,37)32(5-2)24(34)35/h6-13H,4-5H2,1-3H3,(H,34,35). The van der Waals surface area contributed by atoms with E-state index in [1.807, 2.05) is 0 Å². The van der Waals surface area contributed by atoms with Crippen molar-refractivity contribution in [2.45, 2.75) is 38.3 Å². The molecule has 0 bridgehead atoms. The van der Waals surface area contributed by atoms with Crippen LogP contribution in [0.3, 0.4) is 0 Å². The van der Waals surface area contributed by atoms with E-state index in [0.717, 1.165) is 11.6 Å². The van der Waals surface area contributed by atoms with Crippen molar-refractivity contribution in [1.29, 1.82) is 0 Å². The Morgan fingerprint density at radius 2 is 1.84 bits per heavy atom. The number of hydrogen-bond donors (Lipinski definition) is 1. The highest BCUT2D eigenvalue weighted by atomic mass is 35.5. The molecule has 0 aliphatic rings. The zero-order valence-electron chi connectivity index (χ0n) is 20.4. The van der Waals surface area contributed by atoms with E-state index in [9.17, 15) is 31.5 Å². The summed E-state index contributed by atoms with van der Waals surface area (Å²) in [7, 11) is -4.42. The van der Waals surface area contributed by atoms with Gasteiger partial charge in [0.2, 0.25) is 0 Å². The van der Waals surface area contributed by atoms with E-state index in [-0.39, 0.29) is 22.5 Å². The fourth-order valence-electron chi connectivity index (χ4n) is 4.21. The van der Waals surface area contributed by atoms with Crippen molar-refractivity contribution in [3.05, 3.63) is 70.8 Å². The van der Waals surface area contributed by atoms with Gasteiger partial charge in [0, 0.05) is 30.3 Å². The van der Waals surface area contributed by atoms with Gasteiger partial charge in [-0.2, -0.15) is 13.2 Å². The Labute approximate surface area is 221 Å². The number of aromatic nitrogens is 3. The predicted molar refractivity (Wildman–Crippen MR) is 136 cm³/mol. The molecular weight excluding hydrogens is 545 g/mol. The molecule has 1 N–H and O–H groups in total. The number of fused-ring (bicyclic) bond motifs is 1. The van der Waals surface area contributed by atoms with Crippen molar-refractivity contribution in [3.8, 4) is 16.8 Å². The quantitative estimate of drug-likeness (QED) is 0.293. The molecule has 38 heavy (non-hydrogen) atoms. The van der Waals surface area contributed by atoms with Gasteiger partial charge in [-0.05, 0) is 44.2 Å². The molecule has 0 radical (unpaired) electrons. The molecule has 0 atom stereocenters. The van der Waals surface area contributed by atoms with Crippen LogP contribution in [0.1, 0.15) is 30.8 Å². The van der Waals surface area contributed by atoms with E-state index in [1.165, 1.54) is 31.5 Å². The smallest absolute Gasteiger partial charge is 0.421 e. The molecule has 0 aliphatic heterocycles. The first kappa shape index (κ1) is 27.4. The van der Waals surface area contributed by atoms with Crippen LogP contribution < -0.4 is 0 Å². The number of hydrogen-bond acceptors (Lipinski definition) is 5. The number of imidazole rings is 1. The lowest BCUT2D eigenvalue weighted by molar-refractivity contribution is -0.137. The average molecular weight is 567 g/mol. The van der Waals surface area contributed by atoms with Crippen LogP contribution in [0.4, 0.5) is 18.0 Å². The summed E-state index contributed by atoms with van der Waals surface area (Å²) in [5, 5.41) is 8.96. The highest BCUT2D eigenvalue weighted by Crippen LogP contribution is 2.38. The van der Waals surface area contributed by atoms with Gasteiger partial charge in [0.15, 0.2) is 0 Å². The van der Waals surface area contributed by atoms with Crippen LogP contribution in [0.25, 0.3) is 27.8 Å². The lowest BCUT2D eigenvalue weighted by Crippen LogP contribution is -2.35. The molecule has 2 heterocycles. The number of nitrogens with zero attached hydrogens (tertiary/aromatic N) is 4. The average Bonchev–Trinajstić information content (AvgIpc) is 3.20. The highest BCUT2D eigenvalue weighted by Gasteiger charge is 2.34. The summed E-state index contributed by atoms with van der Waals surface area (Å²) in [6, 6.07) is 8.18. The normalized spacial score (nSPS) is 12.2. The van der Waals surface area contributed by atoms with Crippen LogP contribution in [0.15, 0.2) is 53.7 Å². The molecule has 8 nitrogen and oxygen atoms in total. The summed E-state index contributed by atoms with van der Waals surface area (Å²) < 4.78 is 68.7.